The summed E-state index contributed by atoms with van der Waals surface area (Å²) in [6.45, 7) is 3.81. The molecule has 0 unspecified atom stereocenters. The van der Waals surface area contributed by atoms with Crippen molar-refractivity contribution >= 4 is 44.4 Å². The number of benzene rings is 1. The molecule has 2 aromatic rings. The molecule has 0 spiro atoms. The normalized spacial score (nSPS) is 10.9. The molecule has 0 saturated carbocycles. The molecular formula is C14H13BrClNO3. The van der Waals surface area contributed by atoms with Gasteiger partial charge in [-0.25, -0.2) is 9.78 Å². The molecule has 20 heavy (non-hydrogen) atoms. The van der Waals surface area contributed by atoms with Gasteiger partial charge >= 0.3 is 5.97 Å². The molecule has 0 aliphatic heterocycles. The molecule has 0 bridgehead atoms. The Morgan fingerprint density at radius 2 is 2.05 bits per heavy atom. The Bertz CT molecular complexity index is 673. The second-order valence-corrected chi connectivity index (χ2v) is 5.77. The van der Waals surface area contributed by atoms with Crippen LogP contribution in [0.3, 0.4) is 0 Å². The molecule has 6 heteroatoms. The third-order valence-electron chi connectivity index (χ3n) is 2.55. The van der Waals surface area contributed by atoms with E-state index >= 15 is 0 Å². The second-order valence-electron chi connectivity index (χ2n) is 4.45. The topological polar surface area (TPSA) is 48.4 Å². The van der Waals surface area contributed by atoms with Gasteiger partial charge in [0.05, 0.1) is 23.8 Å². The number of esters is 1. The molecular weight excluding hydrogens is 346 g/mol. The van der Waals surface area contributed by atoms with Gasteiger partial charge in [-0.05, 0) is 26.0 Å². The number of halogens is 2. The highest BCUT2D eigenvalue weighted by molar-refractivity contribution is 9.10. The van der Waals surface area contributed by atoms with Crippen molar-refractivity contribution in [3.8, 4) is 5.75 Å². The van der Waals surface area contributed by atoms with E-state index in [4.69, 9.17) is 21.1 Å². The number of carbonyl (C=O) groups is 1. The third-order valence-corrected chi connectivity index (χ3v) is 3.30. The van der Waals surface area contributed by atoms with Crippen molar-refractivity contribution in [2.45, 2.75) is 20.0 Å². The summed E-state index contributed by atoms with van der Waals surface area (Å²) in [6, 6.07) is 5.14. The molecule has 1 aromatic carbocycles. The molecule has 0 aliphatic rings. The summed E-state index contributed by atoms with van der Waals surface area (Å²) in [5.74, 6) is 0.0214. The van der Waals surface area contributed by atoms with E-state index in [2.05, 4.69) is 20.9 Å². The minimum Gasteiger partial charge on any atom is -0.490 e. The van der Waals surface area contributed by atoms with Crippen LogP contribution >= 0.6 is 27.5 Å². The summed E-state index contributed by atoms with van der Waals surface area (Å²) in [5.41, 5.74) is 0.674. The van der Waals surface area contributed by atoms with Gasteiger partial charge in [-0.3, -0.25) is 0 Å². The van der Waals surface area contributed by atoms with Crippen LogP contribution in [0.4, 0.5) is 0 Å². The zero-order chi connectivity index (χ0) is 14.9. The number of methoxy groups -OCH3 is 1. The Morgan fingerprint density at radius 3 is 2.65 bits per heavy atom. The summed E-state index contributed by atoms with van der Waals surface area (Å²) < 4.78 is 11.3. The Balaban J connectivity index is 2.74. The van der Waals surface area contributed by atoms with Crippen molar-refractivity contribution in [2.75, 3.05) is 7.11 Å². The van der Waals surface area contributed by atoms with Crippen LogP contribution in [0.1, 0.15) is 24.3 Å². The van der Waals surface area contributed by atoms with Crippen LogP contribution < -0.4 is 4.74 Å². The Hall–Kier alpha value is -1.33. The average molecular weight is 359 g/mol. The highest BCUT2D eigenvalue weighted by Gasteiger charge is 2.16. The number of pyridine rings is 1. The fraction of sp³-hybridized carbons (Fsp3) is 0.286. The van der Waals surface area contributed by atoms with Crippen LogP contribution in [-0.4, -0.2) is 24.2 Å². The van der Waals surface area contributed by atoms with Crippen molar-refractivity contribution in [3.05, 3.63) is 33.4 Å². The van der Waals surface area contributed by atoms with E-state index in [0.717, 1.165) is 9.86 Å². The molecule has 0 atom stereocenters. The maximum Gasteiger partial charge on any atom is 0.356 e. The van der Waals surface area contributed by atoms with Gasteiger partial charge in [0.1, 0.15) is 5.75 Å². The number of nitrogens with zero attached hydrogens (tertiary/aromatic N) is 1. The summed E-state index contributed by atoms with van der Waals surface area (Å²) >= 11 is 9.58. The van der Waals surface area contributed by atoms with Gasteiger partial charge in [-0.15, -0.1) is 0 Å². The quantitative estimate of drug-likeness (QED) is 0.771. The molecule has 2 rings (SSSR count). The molecule has 0 fully saturated rings. The monoisotopic (exact) mass is 357 g/mol. The number of carbonyl (C=O) groups excluding carboxylic acids is 1. The largest absolute Gasteiger partial charge is 0.490 e. The highest BCUT2D eigenvalue weighted by Crippen LogP contribution is 2.34. The summed E-state index contributed by atoms with van der Waals surface area (Å²) in [6.07, 6.45) is -0.0381. The first-order valence-corrected chi connectivity index (χ1v) is 7.14. The van der Waals surface area contributed by atoms with Crippen molar-refractivity contribution < 1.29 is 14.3 Å². The van der Waals surface area contributed by atoms with E-state index in [1.165, 1.54) is 7.11 Å². The molecule has 0 aliphatic carbocycles. The maximum absolute atomic E-state index is 11.7. The lowest BCUT2D eigenvalue weighted by Crippen LogP contribution is -2.09. The second kappa shape index (κ2) is 5.97. The molecule has 0 amide bonds. The lowest BCUT2D eigenvalue weighted by atomic mass is 10.1. The molecule has 106 valence electrons. The number of aromatic nitrogens is 1. The SMILES string of the molecule is COC(=O)c1cc(OC(C)C)c2cc(Br)cc(Cl)c2n1. The Morgan fingerprint density at radius 1 is 1.35 bits per heavy atom. The van der Waals surface area contributed by atoms with Crippen LogP contribution in [0.15, 0.2) is 22.7 Å². The molecule has 1 aromatic heterocycles. The first kappa shape index (κ1) is 15.1. The smallest absolute Gasteiger partial charge is 0.356 e. The highest BCUT2D eigenvalue weighted by atomic mass is 79.9. The molecule has 4 nitrogen and oxygen atoms in total. The Kier molecular flexibility index (Phi) is 4.50. The van der Waals surface area contributed by atoms with Gasteiger partial charge in [-0.1, -0.05) is 27.5 Å². The van der Waals surface area contributed by atoms with E-state index in [1.54, 1.807) is 12.1 Å². The van der Waals surface area contributed by atoms with Gasteiger partial charge in [0.2, 0.25) is 0 Å². The minimum atomic E-state index is -0.528. The number of rotatable bonds is 3. The van der Waals surface area contributed by atoms with Crippen LogP contribution in [0.2, 0.25) is 5.02 Å². The number of hydrogen-bond donors (Lipinski definition) is 0. The van der Waals surface area contributed by atoms with Gasteiger partial charge < -0.3 is 9.47 Å². The number of hydrogen-bond acceptors (Lipinski definition) is 4. The third kappa shape index (κ3) is 3.04. The van der Waals surface area contributed by atoms with E-state index in [1.807, 2.05) is 19.9 Å². The standard InChI is InChI=1S/C14H13BrClNO3/c1-7(2)20-12-6-11(14(18)19-3)17-13-9(12)4-8(15)5-10(13)16/h4-7H,1-3H3. The van der Waals surface area contributed by atoms with Crippen molar-refractivity contribution in [1.29, 1.82) is 0 Å². The van der Waals surface area contributed by atoms with Gasteiger partial charge in [0, 0.05) is 15.9 Å². The molecule has 0 saturated heterocycles. The fourth-order valence-electron chi connectivity index (χ4n) is 1.78. The maximum atomic E-state index is 11.7. The van der Waals surface area contributed by atoms with Gasteiger partial charge in [0.15, 0.2) is 5.69 Å². The number of fused-ring (bicyclic) bond motifs is 1. The zero-order valence-electron chi connectivity index (χ0n) is 11.2. The van der Waals surface area contributed by atoms with Gasteiger partial charge in [-0.2, -0.15) is 0 Å². The molecule has 1 heterocycles. The van der Waals surface area contributed by atoms with E-state index in [9.17, 15) is 4.79 Å². The number of ether oxygens (including phenoxy) is 2. The Labute approximate surface area is 130 Å². The summed E-state index contributed by atoms with van der Waals surface area (Å²) in [5, 5.41) is 1.18. The van der Waals surface area contributed by atoms with Crippen molar-refractivity contribution in [2.24, 2.45) is 0 Å². The first-order chi connectivity index (χ1) is 9.42. The van der Waals surface area contributed by atoms with E-state index in [0.29, 0.717) is 16.3 Å². The van der Waals surface area contributed by atoms with E-state index < -0.39 is 5.97 Å². The minimum absolute atomic E-state index is 0.0381. The lowest BCUT2D eigenvalue weighted by Gasteiger charge is -2.14. The fourth-order valence-corrected chi connectivity index (χ4v) is 2.63. The van der Waals surface area contributed by atoms with Crippen molar-refractivity contribution in [3.63, 3.8) is 0 Å². The zero-order valence-corrected chi connectivity index (χ0v) is 13.6. The lowest BCUT2D eigenvalue weighted by molar-refractivity contribution is 0.0593. The predicted octanol–water partition coefficient (Wildman–Crippen LogP) is 4.22. The summed E-state index contributed by atoms with van der Waals surface area (Å²) in [4.78, 5) is 15.9. The van der Waals surface area contributed by atoms with Crippen LogP contribution in [0.25, 0.3) is 10.9 Å². The predicted molar refractivity (Wildman–Crippen MR) is 81.6 cm³/mol. The average Bonchev–Trinajstić information content (AvgIpc) is 2.37. The van der Waals surface area contributed by atoms with E-state index in [-0.39, 0.29) is 11.8 Å². The summed E-state index contributed by atoms with van der Waals surface area (Å²) in [7, 11) is 1.31. The molecule has 0 radical (unpaired) electrons. The van der Waals surface area contributed by atoms with Crippen LogP contribution in [-0.2, 0) is 4.74 Å². The van der Waals surface area contributed by atoms with Crippen LogP contribution in [0.5, 0.6) is 5.75 Å². The molecule has 0 N–H and O–H groups in total. The first-order valence-electron chi connectivity index (χ1n) is 5.97. The van der Waals surface area contributed by atoms with Crippen molar-refractivity contribution in [1.82, 2.24) is 4.98 Å². The van der Waals surface area contributed by atoms with Gasteiger partial charge in [0.25, 0.3) is 0 Å². The van der Waals surface area contributed by atoms with Crippen LogP contribution in [0, 0.1) is 0 Å².